The average Bonchev–Trinajstić information content (AvgIpc) is 2.17. The summed E-state index contributed by atoms with van der Waals surface area (Å²) in [5, 5.41) is 10.4. The molecule has 0 aliphatic rings. The third-order valence-corrected chi connectivity index (χ3v) is 1.57. The molecule has 0 aliphatic carbocycles. The number of halogens is 2. The monoisotopic (exact) mass is 219 g/mol. The summed E-state index contributed by atoms with van der Waals surface area (Å²) >= 11 is 0. The number of nitro groups is 1. The summed E-state index contributed by atoms with van der Waals surface area (Å²) in [7, 11) is 1.21. The molecular formula is C8H7F2NO4. The first-order chi connectivity index (χ1) is 7.04. The van der Waals surface area contributed by atoms with Crippen molar-refractivity contribution in [2.75, 3.05) is 7.11 Å². The molecular weight excluding hydrogens is 212 g/mol. The van der Waals surface area contributed by atoms with Gasteiger partial charge in [0.1, 0.15) is 0 Å². The molecule has 0 radical (unpaired) electrons. The van der Waals surface area contributed by atoms with E-state index in [2.05, 4.69) is 9.47 Å². The second-order valence-corrected chi connectivity index (χ2v) is 2.47. The molecule has 7 heteroatoms. The maximum atomic E-state index is 11.9. The van der Waals surface area contributed by atoms with Gasteiger partial charge in [-0.25, -0.2) is 0 Å². The molecule has 0 saturated heterocycles. The van der Waals surface area contributed by atoms with E-state index in [1.54, 1.807) is 0 Å². The minimum absolute atomic E-state index is 0.107. The predicted molar refractivity (Wildman–Crippen MR) is 46.3 cm³/mol. The highest BCUT2D eigenvalue weighted by molar-refractivity contribution is 5.48. The number of rotatable bonds is 4. The van der Waals surface area contributed by atoms with Crippen LogP contribution in [0, 0.1) is 10.1 Å². The normalized spacial score (nSPS) is 10.1. The number of ether oxygens (including phenoxy) is 2. The summed E-state index contributed by atoms with van der Waals surface area (Å²) in [6, 6.07) is 3.13. The Balaban J connectivity index is 3.03. The van der Waals surface area contributed by atoms with Gasteiger partial charge < -0.3 is 9.47 Å². The minimum atomic E-state index is -3.00. The van der Waals surface area contributed by atoms with Gasteiger partial charge in [-0.2, -0.15) is 8.78 Å². The van der Waals surface area contributed by atoms with Crippen molar-refractivity contribution in [3.05, 3.63) is 28.3 Å². The van der Waals surface area contributed by atoms with Crippen molar-refractivity contribution >= 4 is 5.69 Å². The Morgan fingerprint density at radius 1 is 1.40 bits per heavy atom. The van der Waals surface area contributed by atoms with Gasteiger partial charge >= 0.3 is 6.61 Å². The highest BCUT2D eigenvalue weighted by Crippen LogP contribution is 2.31. The number of non-ortho nitro benzene ring substituents is 1. The zero-order valence-electron chi connectivity index (χ0n) is 7.65. The highest BCUT2D eigenvalue weighted by atomic mass is 19.3. The summed E-state index contributed by atoms with van der Waals surface area (Å²) in [6.45, 7) is -3.00. The first kappa shape index (κ1) is 11.2. The maximum Gasteiger partial charge on any atom is 0.387 e. The summed E-state index contributed by atoms with van der Waals surface area (Å²) in [4.78, 5) is 9.71. The Hall–Kier alpha value is -1.92. The van der Waals surface area contributed by atoms with E-state index in [4.69, 9.17) is 0 Å². The summed E-state index contributed by atoms with van der Waals surface area (Å²) < 4.78 is 32.5. The lowest BCUT2D eigenvalue weighted by molar-refractivity contribution is -0.385. The number of nitro benzene ring substituents is 1. The maximum absolute atomic E-state index is 11.9. The quantitative estimate of drug-likeness (QED) is 0.575. The van der Waals surface area contributed by atoms with Crippen molar-refractivity contribution in [1.29, 1.82) is 0 Å². The Morgan fingerprint density at radius 3 is 2.53 bits per heavy atom. The van der Waals surface area contributed by atoms with Gasteiger partial charge in [0.05, 0.1) is 18.1 Å². The van der Waals surface area contributed by atoms with Crippen LogP contribution in [0.5, 0.6) is 11.5 Å². The molecule has 82 valence electrons. The molecule has 0 bridgehead atoms. The van der Waals surface area contributed by atoms with Crippen molar-refractivity contribution in [3.63, 3.8) is 0 Å². The topological polar surface area (TPSA) is 61.6 Å². The summed E-state index contributed by atoms with van der Waals surface area (Å²) in [5.41, 5.74) is -0.256. The van der Waals surface area contributed by atoms with Crippen LogP contribution >= 0.6 is 0 Å². The van der Waals surface area contributed by atoms with Crippen LogP contribution in [0.1, 0.15) is 0 Å². The molecule has 0 aromatic heterocycles. The van der Waals surface area contributed by atoms with Crippen LogP contribution in [-0.2, 0) is 0 Å². The first-order valence-corrected chi connectivity index (χ1v) is 3.82. The van der Waals surface area contributed by atoms with Crippen LogP contribution < -0.4 is 9.47 Å². The fourth-order valence-electron chi connectivity index (χ4n) is 0.963. The molecule has 0 aliphatic heterocycles. The lowest BCUT2D eigenvalue weighted by Gasteiger charge is -2.08. The zero-order valence-corrected chi connectivity index (χ0v) is 7.65. The van der Waals surface area contributed by atoms with Crippen LogP contribution in [0.4, 0.5) is 14.5 Å². The fourth-order valence-corrected chi connectivity index (χ4v) is 0.963. The Labute approximate surface area is 83.4 Å². The summed E-state index contributed by atoms with van der Waals surface area (Å²) in [6.07, 6.45) is 0. The first-order valence-electron chi connectivity index (χ1n) is 3.82. The smallest absolute Gasteiger partial charge is 0.387 e. The Bertz CT molecular complexity index is 370. The van der Waals surface area contributed by atoms with Gasteiger partial charge in [-0.15, -0.1) is 0 Å². The van der Waals surface area contributed by atoms with Crippen molar-refractivity contribution in [2.24, 2.45) is 0 Å². The van der Waals surface area contributed by atoms with Gasteiger partial charge in [0, 0.05) is 6.07 Å². The van der Waals surface area contributed by atoms with Gasteiger partial charge in [0.2, 0.25) is 0 Å². The molecule has 15 heavy (non-hydrogen) atoms. The molecule has 0 spiro atoms. The molecule has 0 unspecified atom stereocenters. The third-order valence-electron chi connectivity index (χ3n) is 1.57. The highest BCUT2D eigenvalue weighted by Gasteiger charge is 2.14. The van der Waals surface area contributed by atoms with Crippen LogP contribution in [0.25, 0.3) is 0 Å². The molecule has 1 rings (SSSR count). The Morgan fingerprint density at radius 2 is 2.07 bits per heavy atom. The van der Waals surface area contributed by atoms with E-state index in [0.29, 0.717) is 0 Å². The molecule has 5 nitrogen and oxygen atoms in total. The molecule has 1 aromatic carbocycles. The molecule has 0 fully saturated rings. The molecule has 0 amide bonds. The number of alkyl halides is 2. The zero-order chi connectivity index (χ0) is 11.4. The van der Waals surface area contributed by atoms with Crippen LogP contribution in [0.15, 0.2) is 18.2 Å². The Kier molecular flexibility index (Phi) is 3.37. The SMILES string of the molecule is COc1cc([N+](=O)[O-])ccc1OC(F)F. The molecule has 0 heterocycles. The lowest BCUT2D eigenvalue weighted by atomic mass is 10.3. The van der Waals surface area contributed by atoms with E-state index < -0.39 is 11.5 Å². The van der Waals surface area contributed by atoms with Gasteiger partial charge in [0.15, 0.2) is 11.5 Å². The van der Waals surface area contributed by atoms with E-state index in [9.17, 15) is 18.9 Å². The standard InChI is InChI=1S/C8H7F2NO4/c1-14-7-4-5(11(12)13)2-3-6(7)15-8(9)10/h2-4,8H,1H3. The number of nitrogens with zero attached hydrogens (tertiary/aromatic N) is 1. The van der Waals surface area contributed by atoms with Crippen molar-refractivity contribution in [1.82, 2.24) is 0 Å². The van der Waals surface area contributed by atoms with E-state index in [0.717, 1.165) is 18.2 Å². The molecule has 0 atom stereocenters. The van der Waals surface area contributed by atoms with E-state index in [1.165, 1.54) is 7.11 Å². The number of benzene rings is 1. The summed E-state index contributed by atoms with van der Waals surface area (Å²) in [5.74, 6) is -0.345. The number of hydrogen-bond acceptors (Lipinski definition) is 4. The number of hydrogen-bond donors (Lipinski definition) is 0. The molecule has 0 N–H and O–H groups in total. The van der Waals surface area contributed by atoms with E-state index in [-0.39, 0.29) is 17.2 Å². The molecule has 1 aromatic rings. The second kappa shape index (κ2) is 4.54. The third kappa shape index (κ3) is 2.76. The van der Waals surface area contributed by atoms with Crippen LogP contribution in [-0.4, -0.2) is 18.6 Å². The van der Waals surface area contributed by atoms with Crippen molar-refractivity contribution in [3.8, 4) is 11.5 Å². The van der Waals surface area contributed by atoms with Crippen LogP contribution in [0.2, 0.25) is 0 Å². The van der Waals surface area contributed by atoms with Crippen molar-refractivity contribution in [2.45, 2.75) is 6.61 Å². The van der Waals surface area contributed by atoms with Crippen LogP contribution in [0.3, 0.4) is 0 Å². The van der Waals surface area contributed by atoms with E-state index >= 15 is 0 Å². The minimum Gasteiger partial charge on any atom is -0.493 e. The lowest BCUT2D eigenvalue weighted by Crippen LogP contribution is -2.03. The predicted octanol–water partition coefficient (Wildman–Crippen LogP) is 2.20. The average molecular weight is 219 g/mol. The number of methoxy groups -OCH3 is 1. The van der Waals surface area contributed by atoms with Crippen molar-refractivity contribution < 1.29 is 23.2 Å². The largest absolute Gasteiger partial charge is 0.493 e. The molecule has 0 saturated carbocycles. The van der Waals surface area contributed by atoms with Gasteiger partial charge in [-0.05, 0) is 6.07 Å². The second-order valence-electron chi connectivity index (χ2n) is 2.47. The van der Waals surface area contributed by atoms with Gasteiger partial charge in [0.25, 0.3) is 5.69 Å². The fraction of sp³-hybridized carbons (Fsp3) is 0.250. The van der Waals surface area contributed by atoms with Gasteiger partial charge in [-0.1, -0.05) is 0 Å². The van der Waals surface area contributed by atoms with Gasteiger partial charge in [-0.3, -0.25) is 10.1 Å². The van der Waals surface area contributed by atoms with E-state index in [1.807, 2.05) is 0 Å².